The van der Waals surface area contributed by atoms with E-state index >= 15 is 0 Å². The number of aliphatic hydroxyl groups excluding tert-OH is 1. The Hall–Kier alpha value is -1.36. The maximum atomic E-state index is 9.20. The zero-order valence-corrected chi connectivity index (χ0v) is 13.3. The highest BCUT2D eigenvalue weighted by Gasteiger charge is 2.23. The predicted octanol–water partition coefficient (Wildman–Crippen LogP) is 3.73. The number of nitrogens with zero attached hydrogens (tertiary/aromatic N) is 2. The summed E-state index contributed by atoms with van der Waals surface area (Å²) in [6, 6.07) is 8.02. The van der Waals surface area contributed by atoms with E-state index in [-0.39, 0.29) is 6.61 Å². The van der Waals surface area contributed by atoms with Crippen molar-refractivity contribution in [2.45, 2.75) is 38.3 Å². The summed E-state index contributed by atoms with van der Waals surface area (Å²) in [6.07, 6.45) is 6.15. The van der Waals surface area contributed by atoms with Crippen LogP contribution >= 0.6 is 11.6 Å². The first kappa shape index (κ1) is 15.5. The Morgan fingerprint density at radius 3 is 3.09 bits per heavy atom. The Morgan fingerprint density at radius 2 is 2.27 bits per heavy atom. The van der Waals surface area contributed by atoms with Gasteiger partial charge in [-0.15, -0.1) is 0 Å². The van der Waals surface area contributed by atoms with E-state index in [9.17, 15) is 5.11 Å². The van der Waals surface area contributed by atoms with E-state index in [4.69, 9.17) is 16.0 Å². The molecule has 3 rings (SSSR count). The molecule has 1 saturated heterocycles. The number of aliphatic hydroxyl groups is 1. The largest absolute Gasteiger partial charge is 0.439 e. The van der Waals surface area contributed by atoms with Gasteiger partial charge in [0.2, 0.25) is 5.89 Å². The molecule has 118 valence electrons. The molecule has 0 bridgehead atoms. The number of likely N-dealkylation sites (tertiary alicyclic amines) is 1. The second kappa shape index (κ2) is 7.27. The Kier molecular flexibility index (Phi) is 5.13. The molecule has 0 aliphatic carbocycles. The molecule has 0 amide bonds. The SMILES string of the molecule is OCCC1CCCCN1Cc1ncc(-c2cccc(Cl)c2)o1. The molecular formula is C17H21ClN2O2. The minimum Gasteiger partial charge on any atom is -0.439 e. The number of aromatic nitrogens is 1. The summed E-state index contributed by atoms with van der Waals surface area (Å²) < 4.78 is 5.88. The molecule has 2 heterocycles. The lowest BCUT2D eigenvalue weighted by molar-refractivity contribution is 0.103. The van der Waals surface area contributed by atoms with Crippen LogP contribution in [0.4, 0.5) is 0 Å². The lowest BCUT2D eigenvalue weighted by atomic mass is 10.00. The minimum absolute atomic E-state index is 0.237. The van der Waals surface area contributed by atoms with E-state index in [2.05, 4.69) is 9.88 Å². The summed E-state index contributed by atoms with van der Waals surface area (Å²) in [4.78, 5) is 6.77. The van der Waals surface area contributed by atoms with Gasteiger partial charge in [-0.3, -0.25) is 4.90 Å². The second-order valence-corrected chi connectivity index (χ2v) is 6.20. The highest BCUT2D eigenvalue weighted by atomic mass is 35.5. The van der Waals surface area contributed by atoms with Crippen LogP contribution in [0.25, 0.3) is 11.3 Å². The fourth-order valence-corrected chi connectivity index (χ4v) is 3.27. The van der Waals surface area contributed by atoms with E-state index in [1.54, 1.807) is 6.20 Å². The molecule has 1 fully saturated rings. The monoisotopic (exact) mass is 320 g/mol. The molecule has 0 radical (unpaired) electrons. The predicted molar refractivity (Wildman–Crippen MR) is 86.7 cm³/mol. The number of hydrogen-bond acceptors (Lipinski definition) is 4. The van der Waals surface area contributed by atoms with Gasteiger partial charge in [0, 0.05) is 23.2 Å². The quantitative estimate of drug-likeness (QED) is 0.912. The first-order chi connectivity index (χ1) is 10.8. The third kappa shape index (κ3) is 3.69. The van der Waals surface area contributed by atoms with E-state index in [1.165, 1.54) is 12.8 Å². The molecule has 1 N–H and O–H groups in total. The van der Waals surface area contributed by atoms with Crippen LogP contribution in [0.1, 0.15) is 31.6 Å². The van der Waals surface area contributed by atoms with Crippen LogP contribution in [0.15, 0.2) is 34.9 Å². The third-order valence-corrected chi connectivity index (χ3v) is 4.45. The normalized spacial score (nSPS) is 19.5. The van der Waals surface area contributed by atoms with Crippen molar-refractivity contribution in [3.05, 3.63) is 41.4 Å². The number of halogens is 1. The zero-order valence-electron chi connectivity index (χ0n) is 12.5. The van der Waals surface area contributed by atoms with Gasteiger partial charge in [0.05, 0.1) is 12.7 Å². The standard InChI is InChI=1S/C17H21ClN2O2/c18-14-5-3-4-13(10-14)16-11-19-17(22-16)12-20-8-2-1-6-15(20)7-9-21/h3-5,10-11,15,21H,1-2,6-9,12H2. The number of oxazole rings is 1. The lowest BCUT2D eigenvalue weighted by Crippen LogP contribution is -2.39. The van der Waals surface area contributed by atoms with Crippen molar-refractivity contribution in [1.82, 2.24) is 9.88 Å². The van der Waals surface area contributed by atoms with Crippen LogP contribution in [-0.4, -0.2) is 34.2 Å². The third-order valence-electron chi connectivity index (χ3n) is 4.21. The van der Waals surface area contributed by atoms with E-state index in [0.717, 1.165) is 36.6 Å². The molecule has 1 aliphatic heterocycles. The highest BCUT2D eigenvalue weighted by molar-refractivity contribution is 6.30. The number of benzene rings is 1. The van der Waals surface area contributed by atoms with Crippen LogP contribution in [0.3, 0.4) is 0 Å². The molecule has 4 nitrogen and oxygen atoms in total. The van der Waals surface area contributed by atoms with Gasteiger partial charge in [0.25, 0.3) is 0 Å². The second-order valence-electron chi connectivity index (χ2n) is 5.76. The first-order valence-corrected chi connectivity index (χ1v) is 8.19. The number of piperidine rings is 1. The smallest absolute Gasteiger partial charge is 0.209 e. The van der Waals surface area contributed by atoms with Crippen LogP contribution in [0, 0.1) is 0 Å². The molecule has 1 aromatic heterocycles. The summed E-state index contributed by atoms with van der Waals surface area (Å²) >= 11 is 6.02. The van der Waals surface area contributed by atoms with Crippen molar-refractivity contribution >= 4 is 11.6 Å². The van der Waals surface area contributed by atoms with Crippen molar-refractivity contribution in [1.29, 1.82) is 0 Å². The Labute approximate surface area is 135 Å². The number of rotatable bonds is 5. The van der Waals surface area contributed by atoms with Crippen LogP contribution in [0.2, 0.25) is 5.02 Å². The molecule has 1 aliphatic rings. The molecule has 5 heteroatoms. The molecule has 2 aromatic rings. The number of hydrogen-bond donors (Lipinski definition) is 1. The van der Waals surface area contributed by atoms with E-state index < -0.39 is 0 Å². The fourth-order valence-electron chi connectivity index (χ4n) is 3.08. The molecule has 22 heavy (non-hydrogen) atoms. The molecule has 0 saturated carbocycles. The van der Waals surface area contributed by atoms with Crippen molar-refractivity contribution in [2.24, 2.45) is 0 Å². The Balaban J connectivity index is 1.71. The van der Waals surface area contributed by atoms with Crippen molar-refractivity contribution < 1.29 is 9.52 Å². The summed E-state index contributed by atoms with van der Waals surface area (Å²) in [5.41, 5.74) is 0.941. The van der Waals surface area contributed by atoms with Gasteiger partial charge in [-0.2, -0.15) is 0 Å². The van der Waals surface area contributed by atoms with Crippen LogP contribution in [-0.2, 0) is 6.54 Å². The van der Waals surface area contributed by atoms with E-state index in [1.807, 2.05) is 24.3 Å². The maximum Gasteiger partial charge on any atom is 0.209 e. The minimum atomic E-state index is 0.237. The average Bonchev–Trinajstić information content (AvgIpc) is 2.98. The van der Waals surface area contributed by atoms with Crippen molar-refractivity contribution in [3.63, 3.8) is 0 Å². The Morgan fingerprint density at radius 1 is 1.36 bits per heavy atom. The molecule has 1 atom stereocenters. The van der Waals surface area contributed by atoms with Gasteiger partial charge in [-0.1, -0.05) is 30.2 Å². The van der Waals surface area contributed by atoms with Crippen LogP contribution in [0.5, 0.6) is 0 Å². The Bertz CT molecular complexity index is 612. The van der Waals surface area contributed by atoms with E-state index in [0.29, 0.717) is 17.6 Å². The molecular weight excluding hydrogens is 300 g/mol. The highest BCUT2D eigenvalue weighted by Crippen LogP contribution is 2.26. The molecule has 1 aromatic carbocycles. The molecule has 0 spiro atoms. The van der Waals surface area contributed by atoms with Crippen molar-refractivity contribution in [3.8, 4) is 11.3 Å². The lowest BCUT2D eigenvalue weighted by Gasteiger charge is -2.34. The maximum absolute atomic E-state index is 9.20. The van der Waals surface area contributed by atoms with Crippen molar-refractivity contribution in [2.75, 3.05) is 13.2 Å². The fraction of sp³-hybridized carbons (Fsp3) is 0.471. The van der Waals surface area contributed by atoms with Crippen LogP contribution < -0.4 is 0 Å². The zero-order chi connectivity index (χ0) is 15.4. The summed E-state index contributed by atoms with van der Waals surface area (Å²) in [6.45, 7) is 1.98. The van der Waals surface area contributed by atoms with Gasteiger partial charge in [0.15, 0.2) is 5.76 Å². The summed E-state index contributed by atoms with van der Waals surface area (Å²) in [5.74, 6) is 1.47. The first-order valence-electron chi connectivity index (χ1n) is 7.82. The van der Waals surface area contributed by atoms with Gasteiger partial charge in [-0.25, -0.2) is 4.98 Å². The summed E-state index contributed by atoms with van der Waals surface area (Å²) in [5, 5.41) is 9.89. The molecule has 1 unspecified atom stereocenters. The van der Waals surface area contributed by atoms with Gasteiger partial charge >= 0.3 is 0 Å². The van der Waals surface area contributed by atoms with Gasteiger partial charge in [-0.05, 0) is 37.9 Å². The van der Waals surface area contributed by atoms with Gasteiger partial charge in [0.1, 0.15) is 0 Å². The topological polar surface area (TPSA) is 49.5 Å². The average molecular weight is 321 g/mol. The summed E-state index contributed by atoms with van der Waals surface area (Å²) in [7, 11) is 0. The van der Waals surface area contributed by atoms with Gasteiger partial charge < -0.3 is 9.52 Å².